The summed E-state index contributed by atoms with van der Waals surface area (Å²) in [5.74, 6) is -0.801. The number of benzene rings is 4. The molecule has 4 aromatic carbocycles. The molecule has 1 N–H and O–H groups in total. The minimum Gasteiger partial charge on any atom is -0.481 e. The van der Waals surface area contributed by atoms with Crippen LogP contribution >= 0.6 is 0 Å². The molecule has 0 aliphatic rings. The van der Waals surface area contributed by atoms with Crippen molar-refractivity contribution in [3.8, 4) is 11.1 Å². The van der Waals surface area contributed by atoms with Crippen molar-refractivity contribution in [1.82, 2.24) is 4.90 Å². The van der Waals surface area contributed by atoms with Crippen molar-refractivity contribution in [2.75, 3.05) is 0 Å². The fourth-order valence-electron chi connectivity index (χ4n) is 4.64. The summed E-state index contributed by atoms with van der Waals surface area (Å²) in [6.07, 6.45) is 0.0290. The second-order valence-electron chi connectivity index (χ2n) is 8.80. The monoisotopic (exact) mass is 449 g/mol. The molecule has 0 aromatic heterocycles. The zero-order chi connectivity index (χ0) is 23.9. The SMILES string of the molecule is Cc1ccccc1-c1cccc(C(CC(=O)O)N(Cc2ccccc2)[C@H](C)c2ccccc2)c1. The second-order valence-corrected chi connectivity index (χ2v) is 8.80. The van der Waals surface area contributed by atoms with Gasteiger partial charge in [-0.3, -0.25) is 9.69 Å². The van der Waals surface area contributed by atoms with Crippen molar-refractivity contribution < 1.29 is 9.90 Å². The van der Waals surface area contributed by atoms with Crippen LogP contribution in [0.5, 0.6) is 0 Å². The van der Waals surface area contributed by atoms with Crippen LogP contribution in [-0.4, -0.2) is 16.0 Å². The van der Waals surface area contributed by atoms with Gasteiger partial charge in [-0.25, -0.2) is 0 Å². The third kappa shape index (κ3) is 5.62. The number of hydrogen-bond donors (Lipinski definition) is 1. The summed E-state index contributed by atoms with van der Waals surface area (Å²) < 4.78 is 0. The number of aryl methyl sites for hydroxylation is 1. The molecule has 0 heterocycles. The quantitative estimate of drug-likeness (QED) is 0.289. The average molecular weight is 450 g/mol. The highest BCUT2D eigenvalue weighted by Gasteiger charge is 2.28. The van der Waals surface area contributed by atoms with Crippen LogP contribution in [0.25, 0.3) is 11.1 Å². The lowest BCUT2D eigenvalue weighted by Crippen LogP contribution is -2.32. The number of rotatable bonds is 9. The van der Waals surface area contributed by atoms with E-state index >= 15 is 0 Å². The fraction of sp³-hybridized carbons (Fsp3) is 0.194. The Morgan fingerprint density at radius 3 is 2.09 bits per heavy atom. The molecule has 0 fully saturated rings. The molecule has 0 saturated heterocycles. The number of nitrogens with zero attached hydrogens (tertiary/aromatic N) is 1. The number of carboxylic acid groups (broad SMARTS) is 1. The van der Waals surface area contributed by atoms with E-state index in [2.05, 4.69) is 73.3 Å². The topological polar surface area (TPSA) is 40.5 Å². The summed E-state index contributed by atoms with van der Waals surface area (Å²) >= 11 is 0. The molecule has 3 nitrogen and oxygen atoms in total. The molecular weight excluding hydrogens is 418 g/mol. The fourth-order valence-corrected chi connectivity index (χ4v) is 4.64. The minimum absolute atomic E-state index is 0.0290. The first kappa shape index (κ1) is 23.5. The van der Waals surface area contributed by atoms with Crippen LogP contribution < -0.4 is 0 Å². The summed E-state index contributed by atoms with van der Waals surface area (Å²) in [6.45, 7) is 4.93. The van der Waals surface area contributed by atoms with Gasteiger partial charge >= 0.3 is 5.97 Å². The maximum Gasteiger partial charge on any atom is 0.305 e. The third-order valence-corrected chi connectivity index (χ3v) is 6.48. The standard InChI is InChI=1S/C31H31NO2/c1-23-12-9-10-19-29(23)27-17-11-18-28(20-27)30(21-31(33)34)32(22-25-13-5-3-6-14-25)24(2)26-15-7-4-8-16-26/h3-20,24,30H,21-22H2,1-2H3,(H,33,34)/t24-,30?/m1/s1. The van der Waals surface area contributed by atoms with Crippen LogP contribution in [0.3, 0.4) is 0 Å². The van der Waals surface area contributed by atoms with Gasteiger partial charge < -0.3 is 5.11 Å². The highest BCUT2D eigenvalue weighted by molar-refractivity contribution is 5.70. The van der Waals surface area contributed by atoms with E-state index in [0.29, 0.717) is 6.54 Å². The molecule has 172 valence electrons. The molecule has 0 radical (unpaired) electrons. The molecule has 0 spiro atoms. The second kappa shape index (κ2) is 11.0. The Morgan fingerprint density at radius 1 is 0.794 bits per heavy atom. The van der Waals surface area contributed by atoms with Gasteiger partial charge in [-0.1, -0.05) is 103 Å². The van der Waals surface area contributed by atoms with Crippen molar-refractivity contribution in [3.63, 3.8) is 0 Å². The summed E-state index contributed by atoms with van der Waals surface area (Å²) in [5, 5.41) is 9.92. The lowest BCUT2D eigenvalue weighted by atomic mass is 9.93. The molecule has 0 bridgehead atoms. The van der Waals surface area contributed by atoms with E-state index in [0.717, 1.165) is 16.7 Å². The van der Waals surface area contributed by atoms with Gasteiger partial charge in [-0.15, -0.1) is 0 Å². The lowest BCUT2D eigenvalue weighted by Gasteiger charge is -2.37. The molecule has 0 amide bonds. The van der Waals surface area contributed by atoms with Gasteiger partial charge in [0.1, 0.15) is 0 Å². The largest absolute Gasteiger partial charge is 0.481 e. The molecule has 0 aliphatic carbocycles. The van der Waals surface area contributed by atoms with Crippen LogP contribution in [0.2, 0.25) is 0 Å². The van der Waals surface area contributed by atoms with Crippen molar-refractivity contribution in [1.29, 1.82) is 0 Å². The maximum absolute atomic E-state index is 12.1. The van der Waals surface area contributed by atoms with E-state index in [1.807, 2.05) is 54.6 Å². The summed E-state index contributed by atoms with van der Waals surface area (Å²) in [6, 6.07) is 37.0. The van der Waals surface area contributed by atoms with E-state index in [1.54, 1.807) is 0 Å². The lowest BCUT2D eigenvalue weighted by molar-refractivity contribution is -0.138. The Kier molecular flexibility index (Phi) is 7.56. The van der Waals surface area contributed by atoms with Gasteiger partial charge in [-0.2, -0.15) is 0 Å². The predicted molar refractivity (Wildman–Crippen MR) is 138 cm³/mol. The first-order valence-corrected chi connectivity index (χ1v) is 11.8. The van der Waals surface area contributed by atoms with Crippen LogP contribution in [0, 0.1) is 6.92 Å². The predicted octanol–water partition coefficient (Wildman–Crippen LogP) is 7.44. The minimum atomic E-state index is -0.801. The molecule has 3 heteroatoms. The van der Waals surface area contributed by atoms with Crippen molar-refractivity contribution in [2.45, 2.75) is 38.9 Å². The van der Waals surface area contributed by atoms with Crippen LogP contribution in [0.1, 0.15) is 47.7 Å². The van der Waals surface area contributed by atoms with Gasteiger partial charge in [0.2, 0.25) is 0 Å². The number of carboxylic acids is 1. The molecule has 1 unspecified atom stereocenters. The zero-order valence-corrected chi connectivity index (χ0v) is 19.8. The summed E-state index contributed by atoms with van der Waals surface area (Å²) in [7, 11) is 0. The molecular formula is C31H31NO2. The molecule has 0 aliphatic heterocycles. The highest BCUT2D eigenvalue weighted by atomic mass is 16.4. The van der Waals surface area contributed by atoms with Crippen molar-refractivity contribution in [2.24, 2.45) is 0 Å². The van der Waals surface area contributed by atoms with E-state index in [1.165, 1.54) is 16.7 Å². The Morgan fingerprint density at radius 2 is 1.41 bits per heavy atom. The smallest absolute Gasteiger partial charge is 0.305 e. The van der Waals surface area contributed by atoms with Gasteiger partial charge in [0.05, 0.1) is 6.42 Å². The first-order chi connectivity index (χ1) is 16.5. The van der Waals surface area contributed by atoms with Crippen LogP contribution in [0.15, 0.2) is 109 Å². The number of carbonyl (C=O) groups is 1. The van der Waals surface area contributed by atoms with Crippen molar-refractivity contribution >= 4 is 5.97 Å². The van der Waals surface area contributed by atoms with E-state index in [9.17, 15) is 9.90 Å². The molecule has 4 rings (SSSR count). The van der Waals surface area contributed by atoms with Gasteiger partial charge in [0.15, 0.2) is 0 Å². The third-order valence-electron chi connectivity index (χ3n) is 6.48. The Balaban J connectivity index is 1.79. The Bertz CT molecular complexity index is 1220. The average Bonchev–Trinajstić information content (AvgIpc) is 2.87. The Hall–Kier alpha value is -3.69. The van der Waals surface area contributed by atoms with E-state index in [4.69, 9.17) is 0 Å². The maximum atomic E-state index is 12.1. The summed E-state index contributed by atoms with van der Waals surface area (Å²) in [5.41, 5.74) is 6.83. The first-order valence-electron chi connectivity index (χ1n) is 11.8. The van der Waals surface area contributed by atoms with Crippen LogP contribution in [-0.2, 0) is 11.3 Å². The number of aliphatic carboxylic acids is 1. The zero-order valence-electron chi connectivity index (χ0n) is 19.8. The highest BCUT2D eigenvalue weighted by Crippen LogP contribution is 2.36. The molecule has 34 heavy (non-hydrogen) atoms. The van der Waals surface area contributed by atoms with E-state index < -0.39 is 5.97 Å². The van der Waals surface area contributed by atoms with Gasteiger partial charge in [-0.05, 0) is 53.3 Å². The van der Waals surface area contributed by atoms with E-state index in [-0.39, 0.29) is 18.5 Å². The van der Waals surface area contributed by atoms with Crippen molar-refractivity contribution in [3.05, 3.63) is 131 Å². The van der Waals surface area contributed by atoms with Gasteiger partial charge in [0.25, 0.3) is 0 Å². The summed E-state index contributed by atoms with van der Waals surface area (Å²) in [4.78, 5) is 14.4. The Labute approximate surface area is 202 Å². The van der Waals surface area contributed by atoms with Crippen LogP contribution in [0.4, 0.5) is 0 Å². The van der Waals surface area contributed by atoms with Gasteiger partial charge in [0, 0.05) is 18.6 Å². The molecule has 0 saturated carbocycles. The molecule has 2 atom stereocenters. The molecule has 4 aromatic rings. The number of hydrogen-bond acceptors (Lipinski definition) is 2. The normalized spacial score (nSPS) is 12.9.